The first-order chi connectivity index (χ1) is 11.2. The molecule has 1 fully saturated rings. The highest BCUT2D eigenvalue weighted by Crippen LogP contribution is 2.24. The minimum absolute atomic E-state index is 0.136. The molecule has 6 nitrogen and oxygen atoms in total. The number of benzene rings is 1. The highest BCUT2D eigenvalue weighted by Gasteiger charge is 2.17. The predicted octanol–water partition coefficient (Wildman–Crippen LogP) is 2.14. The topological polar surface area (TPSA) is 63.4 Å². The van der Waals surface area contributed by atoms with Gasteiger partial charge in [-0.25, -0.2) is 4.68 Å². The van der Waals surface area contributed by atoms with E-state index in [4.69, 9.17) is 4.74 Å². The number of aliphatic hydroxyl groups is 1. The van der Waals surface area contributed by atoms with E-state index in [1.54, 1.807) is 11.8 Å². The summed E-state index contributed by atoms with van der Waals surface area (Å²) >= 11 is 0. The fourth-order valence-electron chi connectivity index (χ4n) is 3.02. The van der Waals surface area contributed by atoms with Gasteiger partial charge in [-0.05, 0) is 43.0 Å². The molecule has 6 heteroatoms. The van der Waals surface area contributed by atoms with Crippen molar-refractivity contribution in [3.8, 4) is 5.69 Å². The van der Waals surface area contributed by atoms with Crippen LogP contribution in [0.3, 0.4) is 0 Å². The number of aliphatic hydroxyl groups excluding tert-OH is 1. The quantitative estimate of drug-likeness (QED) is 0.915. The Morgan fingerprint density at radius 2 is 1.83 bits per heavy atom. The zero-order valence-corrected chi connectivity index (χ0v) is 13.8. The van der Waals surface area contributed by atoms with E-state index < -0.39 is 0 Å². The van der Waals surface area contributed by atoms with Crippen LogP contribution < -0.4 is 4.90 Å². The first-order valence-electron chi connectivity index (χ1n) is 8.11. The molecule has 0 aliphatic carbocycles. The van der Waals surface area contributed by atoms with Crippen molar-refractivity contribution >= 4 is 5.69 Å². The molecule has 1 aromatic carbocycles. The Bertz CT molecular complexity index is 631. The van der Waals surface area contributed by atoms with Crippen molar-refractivity contribution in [2.45, 2.75) is 33.0 Å². The van der Waals surface area contributed by atoms with Crippen LogP contribution in [0.2, 0.25) is 0 Å². The first kappa shape index (κ1) is 16.0. The van der Waals surface area contributed by atoms with Crippen molar-refractivity contribution in [3.63, 3.8) is 0 Å². The summed E-state index contributed by atoms with van der Waals surface area (Å²) in [6.07, 6.45) is 2.51. The van der Waals surface area contributed by atoms with Crippen molar-refractivity contribution in [2.75, 3.05) is 25.1 Å². The average molecular weight is 316 g/mol. The molecule has 0 saturated carbocycles. The van der Waals surface area contributed by atoms with E-state index in [0.29, 0.717) is 12.3 Å². The molecule has 0 amide bonds. The van der Waals surface area contributed by atoms with Crippen molar-refractivity contribution < 1.29 is 9.84 Å². The van der Waals surface area contributed by atoms with Crippen LogP contribution in [-0.2, 0) is 18.0 Å². The fraction of sp³-hybridized carbons (Fsp3) is 0.529. The van der Waals surface area contributed by atoms with E-state index in [2.05, 4.69) is 34.3 Å². The van der Waals surface area contributed by atoms with Crippen LogP contribution >= 0.6 is 0 Å². The molecule has 0 radical (unpaired) electrons. The van der Waals surface area contributed by atoms with Gasteiger partial charge in [0, 0.05) is 25.9 Å². The maximum absolute atomic E-state index is 9.36. The molecule has 124 valence electrons. The van der Waals surface area contributed by atoms with Gasteiger partial charge in [0.15, 0.2) is 0 Å². The molecule has 0 unspecified atom stereocenters. The van der Waals surface area contributed by atoms with E-state index >= 15 is 0 Å². The zero-order valence-electron chi connectivity index (χ0n) is 13.8. The van der Waals surface area contributed by atoms with Gasteiger partial charge >= 0.3 is 0 Å². The first-order valence-corrected chi connectivity index (χ1v) is 8.11. The van der Waals surface area contributed by atoms with Gasteiger partial charge in [-0.2, -0.15) is 0 Å². The Morgan fingerprint density at radius 1 is 1.17 bits per heavy atom. The molecule has 2 heterocycles. The Morgan fingerprint density at radius 3 is 2.43 bits per heavy atom. The van der Waals surface area contributed by atoms with Crippen LogP contribution in [0.4, 0.5) is 5.69 Å². The lowest BCUT2D eigenvalue weighted by atomic mass is 9.99. The number of hydrogen-bond acceptors (Lipinski definition) is 5. The van der Waals surface area contributed by atoms with Crippen molar-refractivity contribution in [1.82, 2.24) is 15.0 Å². The number of nitrogens with zero attached hydrogens (tertiary/aromatic N) is 4. The molecule has 1 aliphatic heterocycles. The van der Waals surface area contributed by atoms with Crippen LogP contribution in [0, 0.1) is 5.92 Å². The van der Waals surface area contributed by atoms with E-state index in [0.717, 1.165) is 30.4 Å². The third-order valence-corrected chi connectivity index (χ3v) is 4.52. The third kappa shape index (κ3) is 3.38. The normalized spacial score (nSPS) is 16.0. The molecule has 0 atom stereocenters. The second-order valence-electron chi connectivity index (χ2n) is 6.17. The van der Waals surface area contributed by atoms with E-state index in [1.165, 1.54) is 18.5 Å². The summed E-state index contributed by atoms with van der Waals surface area (Å²) in [5.41, 5.74) is 3.52. The smallest absolute Gasteiger partial charge is 0.114 e. The number of methoxy groups -OCH3 is 1. The number of piperidine rings is 1. The molecular formula is C17H24N4O2. The molecule has 3 rings (SSSR count). The Balaban J connectivity index is 1.81. The molecule has 0 bridgehead atoms. The summed E-state index contributed by atoms with van der Waals surface area (Å²) in [4.78, 5) is 2.43. The van der Waals surface area contributed by atoms with Crippen molar-refractivity contribution in [3.05, 3.63) is 35.7 Å². The lowest BCUT2D eigenvalue weighted by molar-refractivity contribution is 0.175. The number of anilines is 1. The maximum atomic E-state index is 9.36. The van der Waals surface area contributed by atoms with Crippen LogP contribution in [0.1, 0.15) is 31.2 Å². The highest BCUT2D eigenvalue weighted by molar-refractivity contribution is 5.51. The second kappa shape index (κ2) is 7.10. The van der Waals surface area contributed by atoms with Crippen LogP contribution in [0.15, 0.2) is 24.3 Å². The third-order valence-electron chi connectivity index (χ3n) is 4.52. The molecule has 1 aliphatic rings. The number of hydrogen-bond donors (Lipinski definition) is 1. The van der Waals surface area contributed by atoms with Crippen LogP contribution in [-0.4, -0.2) is 40.3 Å². The van der Waals surface area contributed by atoms with Crippen molar-refractivity contribution in [2.24, 2.45) is 5.92 Å². The maximum Gasteiger partial charge on any atom is 0.114 e. The fourth-order valence-corrected chi connectivity index (χ4v) is 3.02. The molecule has 23 heavy (non-hydrogen) atoms. The lowest BCUT2D eigenvalue weighted by Crippen LogP contribution is -2.32. The summed E-state index contributed by atoms with van der Waals surface area (Å²) in [5.74, 6) is 0.828. The van der Waals surface area contributed by atoms with Gasteiger partial charge in [-0.3, -0.25) is 0 Å². The van der Waals surface area contributed by atoms with Gasteiger partial charge in [0.1, 0.15) is 5.69 Å². The van der Waals surface area contributed by atoms with Crippen molar-refractivity contribution in [1.29, 1.82) is 0 Å². The van der Waals surface area contributed by atoms with Gasteiger partial charge in [0.05, 0.1) is 24.6 Å². The Hall–Kier alpha value is -1.92. The van der Waals surface area contributed by atoms with Gasteiger partial charge in [0.25, 0.3) is 0 Å². The number of ether oxygens (including phenoxy) is 1. The van der Waals surface area contributed by atoms with Crippen LogP contribution in [0.25, 0.3) is 5.69 Å². The highest BCUT2D eigenvalue weighted by atomic mass is 16.5. The molecule has 2 aromatic rings. The van der Waals surface area contributed by atoms with Gasteiger partial charge in [0.2, 0.25) is 0 Å². The van der Waals surface area contributed by atoms with E-state index in [9.17, 15) is 5.11 Å². The summed E-state index contributed by atoms with van der Waals surface area (Å²) in [6, 6.07) is 8.34. The van der Waals surface area contributed by atoms with Crippen LogP contribution in [0.5, 0.6) is 0 Å². The minimum Gasteiger partial charge on any atom is -0.390 e. The predicted molar refractivity (Wildman–Crippen MR) is 88.6 cm³/mol. The van der Waals surface area contributed by atoms with E-state index in [1.807, 2.05) is 12.1 Å². The molecular weight excluding hydrogens is 292 g/mol. The molecule has 0 spiro atoms. The number of rotatable bonds is 5. The standard InChI is InChI=1S/C17H24N4O2/c1-13-7-9-20(10-8-13)14-3-5-15(6-4-14)21-17(12-23-2)16(11-22)18-19-21/h3-6,13,22H,7-12H2,1-2H3. The second-order valence-corrected chi connectivity index (χ2v) is 6.17. The summed E-state index contributed by atoms with van der Waals surface area (Å²) in [7, 11) is 1.62. The lowest BCUT2D eigenvalue weighted by Gasteiger charge is -2.32. The number of aromatic nitrogens is 3. The van der Waals surface area contributed by atoms with Gasteiger partial charge in [-0.15, -0.1) is 5.10 Å². The molecule has 1 N–H and O–H groups in total. The molecule has 1 saturated heterocycles. The monoisotopic (exact) mass is 316 g/mol. The van der Waals surface area contributed by atoms with Gasteiger partial charge in [-0.1, -0.05) is 12.1 Å². The minimum atomic E-state index is -0.136. The average Bonchev–Trinajstić information content (AvgIpc) is 2.99. The Labute approximate surface area is 136 Å². The summed E-state index contributed by atoms with van der Waals surface area (Å²) in [5, 5.41) is 17.5. The van der Waals surface area contributed by atoms with E-state index in [-0.39, 0.29) is 6.61 Å². The Kier molecular flexibility index (Phi) is 4.93. The largest absolute Gasteiger partial charge is 0.390 e. The van der Waals surface area contributed by atoms with Gasteiger partial charge < -0.3 is 14.7 Å². The summed E-state index contributed by atoms with van der Waals surface area (Å²) < 4.78 is 6.93. The zero-order chi connectivity index (χ0) is 16.2. The molecule has 1 aromatic heterocycles. The summed E-state index contributed by atoms with van der Waals surface area (Å²) in [6.45, 7) is 4.79. The SMILES string of the molecule is COCc1c(CO)nnn1-c1ccc(N2CCC(C)CC2)cc1.